The van der Waals surface area contributed by atoms with Crippen molar-refractivity contribution in [3.8, 4) is 0 Å². The first kappa shape index (κ1) is 14.2. The molecule has 1 saturated heterocycles. The van der Waals surface area contributed by atoms with E-state index in [1.54, 1.807) is 10.9 Å². The normalized spacial score (nSPS) is 19.8. The molecule has 0 radical (unpaired) electrons. The molecule has 0 aromatic carbocycles. The Kier molecular flexibility index (Phi) is 5.64. The number of rotatable bonds is 1. The van der Waals surface area contributed by atoms with Crippen molar-refractivity contribution in [3.63, 3.8) is 0 Å². The summed E-state index contributed by atoms with van der Waals surface area (Å²) in [5, 5.41) is 9.96. The molecule has 1 aliphatic heterocycles. The highest BCUT2D eigenvalue weighted by Gasteiger charge is 2.23. The van der Waals surface area contributed by atoms with Gasteiger partial charge in [-0.05, 0) is 0 Å². The third kappa shape index (κ3) is 3.09. The summed E-state index contributed by atoms with van der Waals surface area (Å²) in [5.74, 6) is 0.0271. The molecule has 1 aliphatic rings. The Hall–Kier alpha value is -0.780. The van der Waals surface area contributed by atoms with Crippen molar-refractivity contribution >= 4 is 30.7 Å². The average Bonchev–Trinajstić information content (AvgIpc) is 2.53. The van der Waals surface area contributed by atoms with Crippen molar-refractivity contribution in [2.24, 2.45) is 7.05 Å². The zero-order valence-corrected chi connectivity index (χ0v) is 9.90. The molecule has 1 unspecified atom stereocenters. The molecule has 7 heteroatoms. The molecule has 1 atom stereocenters. The van der Waals surface area contributed by atoms with Crippen LogP contribution in [0.15, 0.2) is 12.4 Å². The van der Waals surface area contributed by atoms with Gasteiger partial charge >= 0.3 is 0 Å². The minimum absolute atomic E-state index is 0. The molecule has 2 N–H and O–H groups in total. The highest BCUT2D eigenvalue weighted by Crippen LogP contribution is 2.12. The Balaban J connectivity index is 0.000000980. The van der Waals surface area contributed by atoms with E-state index >= 15 is 0 Å². The summed E-state index contributed by atoms with van der Waals surface area (Å²) in [6.07, 6.45) is 3.56. The lowest BCUT2D eigenvalue weighted by Gasteiger charge is -2.22. The van der Waals surface area contributed by atoms with Gasteiger partial charge in [0.15, 0.2) is 0 Å². The van der Waals surface area contributed by atoms with Crippen molar-refractivity contribution in [2.45, 2.75) is 6.04 Å². The summed E-state index contributed by atoms with van der Waals surface area (Å²) < 4.78 is 1.69. The maximum absolute atomic E-state index is 11.4. The average molecular weight is 253 g/mol. The lowest BCUT2D eigenvalue weighted by atomic mass is 10.1. The first-order chi connectivity index (χ1) is 6.27. The predicted octanol–water partition coefficient (Wildman–Crippen LogP) is 0.0242. The van der Waals surface area contributed by atoms with Crippen LogP contribution in [0.2, 0.25) is 0 Å². The number of nitrogens with zero attached hydrogens (tertiary/aromatic N) is 2. The molecule has 15 heavy (non-hydrogen) atoms. The van der Waals surface area contributed by atoms with E-state index in [0.717, 1.165) is 12.1 Å². The second-order valence-electron chi connectivity index (χ2n) is 3.13. The van der Waals surface area contributed by atoms with Crippen LogP contribution in [0.4, 0.5) is 0 Å². The van der Waals surface area contributed by atoms with Crippen molar-refractivity contribution in [1.82, 2.24) is 20.4 Å². The highest BCUT2D eigenvalue weighted by molar-refractivity contribution is 5.85. The second kappa shape index (κ2) is 5.95. The number of halogens is 2. The third-order valence-electron chi connectivity index (χ3n) is 2.09. The molecule has 1 fully saturated rings. The molecular formula is C8H14Cl2N4O. The van der Waals surface area contributed by atoms with Gasteiger partial charge in [-0.2, -0.15) is 5.10 Å². The van der Waals surface area contributed by atoms with Crippen molar-refractivity contribution in [1.29, 1.82) is 0 Å². The first-order valence-electron chi connectivity index (χ1n) is 4.27. The Bertz CT molecular complexity index is 328. The largest absolute Gasteiger partial charge is 0.353 e. The standard InChI is InChI=1S/C8H12N4O.2ClH/c1-12-5-6(4-11-12)7-8(13)10-3-2-9-7;;/h4-5,7,9H,2-3H2,1H3,(H,10,13);2*1H. The fourth-order valence-corrected chi connectivity index (χ4v) is 1.46. The van der Waals surface area contributed by atoms with Gasteiger partial charge in [0, 0.05) is 31.9 Å². The SMILES string of the molecule is Cl.Cl.Cn1cc(C2NCCNC2=O)cn1. The topological polar surface area (TPSA) is 59.0 Å². The first-order valence-corrected chi connectivity index (χ1v) is 4.27. The summed E-state index contributed by atoms with van der Waals surface area (Å²) in [4.78, 5) is 11.4. The van der Waals surface area contributed by atoms with Crippen LogP contribution in [0.1, 0.15) is 11.6 Å². The van der Waals surface area contributed by atoms with Crippen LogP contribution in [0.3, 0.4) is 0 Å². The van der Waals surface area contributed by atoms with Gasteiger partial charge in [0.1, 0.15) is 6.04 Å². The van der Waals surface area contributed by atoms with Gasteiger partial charge in [-0.15, -0.1) is 24.8 Å². The van der Waals surface area contributed by atoms with E-state index in [1.165, 1.54) is 0 Å². The van der Waals surface area contributed by atoms with E-state index in [2.05, 4.69) is 15.7 Å². The van der Waals surface area contributed by atoms with Crippen LogP contribution >= 0.6 is 24.8 Å². The molecule has 86 valence electrons. The van der Waals surface area contributed by atoms with Gasteiger partial charge in [0.05, 0.1) is 6.20 Å². The van der Waals surface area contributed by atoms with E-state index in [4.69, 9.17) is 0 Å². The fraction of sp³-hybridized carbons (Fsp3) is 0.500. The van der Waals surface area contributed by atoms with Crippen molar-refractivity contribution < 1.29 is 4.79 Å². The second-order valence-corrected chi connectivity index (χ2v) is 3.13. The van der Waals surface area contributed by atoms with E-state index in [9.17, 15) is 4.79 Å². The molecule has 0 bridgehead atoms. The number of nitrogens with one attached hydrogen (secondary N) is 2. The lowest BCUT2D eigenvalue weighted by Crippen LogP contribution is -2.47. The Morgan fingerprint density at radius 1 is 1.47 bits per heavy atom. The molecule has 2 rings (SSSR count). The fourth-order valence-electron chi connectivity index (χ4n) is 1.46. The molecule has 1 aromatic rings. The molecule has 1 aromatic heterocycles. The maximum atomic E-state index is 11.4. The maximum Gasteiger partial charge on any atom is 0.241 e. The van der Waals surface area contributed by atoms with Gasteiger partial charge in [-0.1, -0.05) is 0 Å². The van der Waals surface area contributed by atoms with E-state index in [1.807, 2.05) is 13.2 Å². The van der Waals surface area contributed by atoms with Crippen LogP contribution in [-0.4, -0.2) is 28.8 Å². The van der Waals surface area contributed by atoms with Gasteiger partial charge < -0.3 is 10.6 Å². The quantitative estimate of drug-likeness (QED) is 0.742. The summed E-state index contributed by atoms with van der Waals surface area (Å²) in [6.45, 7) is 1.51. The number of aromatic nitrogens is 2. The van der Waals surface area contributed by atoms with Gasteiger partial charge in [-0.3, -0.25) is 9.48 Å². The minimum atomic E-state index is -0.234. The van der Waals surface area contributed by atoms with Gasteiger partial charge in [0.25, 0.3) is 0 Å². The van der Waals surface area contributed by atoms with Crippen LogP contribution in [0, 0.1) is 0 Å². The van der Waals surface area contributed by atoms with Crippen LogP contribution in [-0.2, 0) is 11.8 Å². The molecule has 0 spiro atoms. The number of piperazine rings is 1. The number of carbonyl (C=O) groups is 1. The Morgan fingerprint density at radius 2 is 2.20 bits per heavy atom. The molecule has 5 nitrogen and oxygen atoms in total. The van der Waals surface area contributed by atoms with Crippen LogP contribution in [0.5, 0.6) is 0 Å². The van der Waals surface area contributed by atoms with E-state index < -0.39 is 0 Å². The lowest BCUT2D eigenvalue weighted by molar-refractivity contribution is -0.124. The Labute approximate surface area is 100 Å². The van der Waals surface area contributed by atoms with E-state index in [-0.39, 0.29) is 36.8 Å². The van der Waals surface area contributed by atoms with Crippen molar-refractivity contribution in [2.75, 3.05) is 13.1 Å². The predicted molar refractivity (Wildman–Crippen MR) is 61.5 cm³/mol. The van der Waals surface area contributed by atoms with Gasteiger partial charge in [0.2, 0.25) is 5.91 Å². The van der Waals surface area contributed by atoms with Gasteiger partial charge in [-0.25, -0.2) is 0 Å². The zero-order chi connectivity index (χ0) is 9.26. The zero-order valence-electron chi connectivity index (χ0n) is 8.27. The summed E-state index contributed by atoms with van der Waals surface area (Å²) in [7, 11) is 1.84. The highest BCUT2D eigenvalue weighted by atomic mass is 35.5. The number of amides is 1. The van der Waals surface area contributed by atoms with E-state index in [0.29, 0.717) is 6.54 Å². The summed E-state index contributed by atoms with van der Waals surface area (Å²) in [6, 6.07) is -0.234. The molecule has 0 aliphatic carbocycles. The van der Waals surface area contributed by atoms with Crippen molar-refractivity contribution in [3.05, 3.63) is 18.0 Å². The number of hydrogen-bond donors (Lipinski definition) is 2. The molecule has 2 heterocycles. The molecule has 1 amide bonds. The Morgan fingerprint density at radius 3 is 2.73 bits per heavy atom. The van der Waals surface area contributed by atoms with Crippen LogP contribution < -0.4 is 10.6 Å². The monoisotopic (exact) mass is 252 g/mol. The number of hydrogen-bond acceptors (Lipinski definition) is 3. The third-order valence-corrected chi connectivity index (χ3v) is 2.09. The number of aryl methyl sites for hydroxylation is 1. The van der Waals surface area contributed by atoms with Crippen LogP contribution in [0.25, 0.3) is 0 Å². The molecular weight excluding hydrogens is 239 g/mol. The summed E-state index contributed by atoms with van der Waals surface area (Å²) >= 11 is 0. The number of carbonyl (C=O) groups excluding carboxylic acids is 1. The molecule has 0 saturated carbocycles. The smallest absolute Gasteiger partial charge is 0.241 e. The minimum Gasteiger partial charge on any atom is -0.353 e. The summed E-state index contributed by atoms with van der Waals surface area (Å²) in [5.41, 5.74) is 0.916.